The maximum Gasteiger partial charge on any atom is 0.0585 e. The summed E-state index contributed by atoms with van der Waals surface area (Å²) in [5.41, 5.74) is 5.52. The third kappa shape index (κ3) is 1.01. The van der Waals surface area contributed by atoms with E-state index in [2.05, 4.69) is 6.92 Å². The van der Waals surface area contributed by atoms with E-state index in [9.17, 15) is 0 Å². The van der Waals surface area contributed by atoms with E-state index in [1.54, 1.807) is 0 Å². The van der Waals surface area contributed by atoms with Gasteiger partial charge >= 0.3 is 0 Å². The van der Waals surface area contributed by atoms with Crippen LogP contribution in [0.3, 0.4) is 0 Å². The Bertz CT molecular complexity index is 82.6. The summed E-state index contributed by atoms with van der Waals surface area (Å²) in [5, 5.41) is 8.54. The van der Waals surface area contributed by atoms with E-state index in [4.69, 9.17) is 10.8 Å². The Kier molecular flexibility index (Phi) is 1.54. The van der Waals surface area contributed by atoms with Crippen LogP contribution < -0.4 is 5.73 Å². The summed E-state index contributed by atoms with van der Waals surface area (Å²) in [6.07, 6.45) is 1.21. The van der Waals surface area contributed by atoms with Gasteiger partial charge in [0.2, 0.25) is 0 Å². The van der Waals surface area contributed by atoms with Crippen LogP contribution in [0, 0.1) is 11.8 Å². The third-order valence-electron chi connectivity index (χ3n) is 1.93. The van der Waals surface area contributed by atoms with Crippen molar-refractivity contribution >= 4 is 0 Å². The number of nitrogens with two attached hydrogens (primary N) is 1. The summed E-state index contributed by atoms with van der Waals surface area (Å²) in [5.74, 6) is 1.37. The van der Waals surface area contributed by atoms with Gasteiger partial charge in [-0.1, -0.05) is 6.92 Å². The Balaban J connectivity index is 2.18. The summed E-state index contributed by atoms with van der Waals surface area (Å²) in [6, 6.07) is 0.0463. The highest BCUT2D eigenvalue weighted by Gasteiger charge is 2.36. The molecule has 0 spiro atoms. The molecule has 1 aliphatic rings. The zero-order valence-corrected chi connectivity index (χ0v) is 5.17. The molecule has 0 aromatic heterocycles. The van der Waals surface area contributed by atoms with E-state index >= 15 is 0 Å². The summed E-state index contributed by atoms with van der Waals surface area (Å²) in [6.45, 7) is 2.31. The average molecular weight is 115 g/mol. The van der Waals surface area contributed by atoms with E-state index in [0.29, 0.717) is 5.92 Å². The summed E-state index contributed by atoms with van der Waals surface area (Å²) >= 11 is 0. The maximum absolute atomic E-state index is 8.54. The molecule has 2 nitrogen and oxygen atoms in total. The van der Waals surface area contributed by atoms with Gasteiger partial charge in [-0.05, 0) is 18.3 Å². The molecule has 0 amide bonds. The second-order valence-corrected chi connectivity index (χ2v) is 2.72. The minimum Gasteiger partial charge on any atom is -0.395 e. The predicted molar refractivity (Wildman–Crippen MR) is 32.3 cm³/mol. The standard InChI is InChI=1S/C6H13NO/c1-4-2-5(4)6(7)3-8/h4-6,8H,2-3,7H2,1H3/t4?,5?,6-/m1/s1. The lowest BCUT2D eigenvalue weighted by atomic mass is 10.2. The normalized spacial score (nSPS) is 39.4. The molecule has 1 aliphatic carbocycles. The fourth-order valence-electron chi connectivity index (χ4n) is 1.08. The summed E-state index contributed by atoms with van der Waals surface area (Å²) in [7, 11) is 0. The van der Waals surface area contributed by atoms with Gasteiger partial charge in [0, 0.05) is 6.04 Å². The van der Waals surface area contributed by atoms with Crippen molar-refractivity contribution < 1.29 is 5.11 Å². The monoisotopic (exact) mass is 115 g/mol. The van der Waals surface area contributed by atoms with Crippen molar-refractivity contribution in [2.24, 2.45) is 17.6 Å². The highest BCUT2D eigenvalue weighted by atomic mass is 16.3. The molecule has 2 unspecified atom stereocenters. The van der Waals surface area contributed by atoms with Gasteiger partial charge in [0.15, 0.2) is 0 Å². The zero-order valence-electron chi connectivity index (χ0n) is 5.17. The molecule has 0 saturated heterocycles. The molecule has 3 N–H and O–H groups in total. The smallest absolute Gasteiger partial charge is 0.0585 e. The SMILES string of the molecule is CC1CC1[C@H](N)CO. The lowest BCUT2D eigenvalue weighted by Crippen LogP contribution is -2.27. The van der Waals surface area contributed by atoms with Gasteiger partial charge in [0.05, 0.1) is 6.61 Å². The Morgan fingerprint density at radius 2 is 2.38 bits per heavy atom. The topological polar surface area (TPSA) is 46.2 Å². The van der Waals surface area contributed by atoms with Crippen molar-refractivity contribution in [1.82, 2.24) is 0 Å². The zero-order chi connectivity index (χ0) is 6.15. The summed E-state index contributed by atoms with van der Waals surface area (Å²) in [4.78, 5) is 0. The largest absolute Gasteiger partial charge is 0.395 e. The van der Waals surface area contributed by atoms with E-state index in [1.807, 2.05) is 0 Å². The van der Waals surface area contributed by atoms with Crippen LogP contribution in [0.15, 0.2) is 0 Å². The van der Waals surface area contributed by atoms with Crippen LogP contribution in [0.5, 0.6) is 0 Å². The van der Waals surface area contributed by atoms with E-state index in [0.717, 1.165) is 5.92 Å². The van der Waals surface area contributed by atoms with Crippen LogP contribution in [0.4, 0.5) is 0 Å². The third-order valence-corrected chi connectivity index (χ3v) is 1.93. The molecule has 1 saturated carbocycles. The van der Waals surface area contributed by atoms with Crippen LogP contribution in [-0.2, 0) is 0 Å². The molecule has 3 atom stereocenters. The molecule has 0 bridgehead atoms. The number of aliphatic hydroxyl groups excluding tert-OH is 1. The minimum absolute atomic E-state index is 0.0463. The molecule has 1 rings (SSSR count). The van der Waals surface area contributed by atoms with Crippen molar-refractivity contribution in [3.05, 3.63) is 0 Å². The first-order chi connectivity index (χ1) is 3.75. The molecule has 2 heteroatoms. The Morgan fingerprint density at radius 3 is 2.50 bits per heavy atom. The van der Waals surface area contributed by atoms with Crippen molar-refractivity contribution in [3.63, 3.8) is 0 Å². The first-order valence-electron chi connectivity index (χ1n) is 3.12. The fraction of sp³-hybridized carbons (Fsp3) is 1.00. The van der Waals surface area contributed by atoms with Gasteiger partial charge in [-0.3, -0.25) is 0 Å². The Hall–Kier alpha value is -0.0800. The van der Waals surface area contributed by atoms with Gasteiger partial charge in [-0.25, -0.2) is 0 Å². The van der Waals surface area contributed by atoms with Crippen LogP contribution >= 0.6 is 0 Å². The quantitative estimate of drug-likeness (QED) is 0.530. The molecule has 48 valence electrons. The fourth-order valence-corrected chi connectivity index (χ4v) is 1.08. The van der Waals surface area contributed by atoms with E-state index < -0.39 is 0 Å². The molecular weight excluding hydrogens is 102 g/mol. The molecule has 1 fully saturated rings. The van der Waals surface area contributed by atoms with Gasteiger partial charge in [0.25, 0.3) is 0 Å². The van der Waals surface area contributed by atoms with Crippen LogP contribution in [0.25, 0.3) is 0 Å². The van der Waals surface area contributed by atoms with Gasteiger partial charge in [0.1, 0.15) is 0 Å². The van der Waals surface area contributed by atoms with Gasteiger partial charge in [-0.2, -0.15) is 0 Å². The first kappa shape index (κ1) is 6.05. The number of hydrogen-bond acceptors (Lipinski definition) is 2. The van der Waals surface area contributed by atoms with E-state index in [1.165, 1.54) is 6.42 Å². The number of rotatable bonds is 2. The maximum atomic E-state index is 8.54. The highest BCUT2D eigenvalue weighted by molar-refractivity contribution is 4.89. The average Bonchev–Trinajstić information content (AvgIpc) is 2.45. The Labute approximate surface area is 49.7 Å². The van der Waals surface area contributed by atoms with Crippen molar-refractivity contribution in [2.45, 2.75) is 19.4 Å². The molecule has 8 heavy (non-hydrogen) atoms. The molecular formula is C6H13NO. The highest BCUT2D eigenvalue weighted by Crippen LogP contribution is 2.39. The molecule has 0 aromatic rings. The molecule has 0 aromatic carbocycles. The van der Waals surface area contributed by atoms with Crippen LogP contribution in [0.2, 0.25) is 0 Å². The van der Waals surface area contributed by atoms with Crippen LogP contribution in [0.1, 0.15) is 13.3 Å². The lowest BCUT2D eigenvalue weighted by molar-refractivity contribution is 0.251. The van der Waals surface area contributed by atoms with Crippen molar-refractivity contribution in [1.29, 1.82) is 0 Å². The lowest BCUT2D eigenvalue weighted by Gasteiger charge is -2.03. The number of hydrogen-bond donors (Lipinski definition) is 2. The first-order valence-corrected chi connectivity index (χ1v) is 3.12. The molecule has 0 heterocycles. The summed E-state index contributed by atoms with van der Waals surface area (Å²) < 4.78 is 0. The minimum atomic E-state index is 0.0463. The van der Waals surface area contributed by atoms with Crippen LogP contribution in [-0.4, -0.2) is 17.8 Å². The van der Waals surface area contributed by atoms with Crippen molar-refractivity contribution in [2.75, 3.05) is 6.61 Å². The molecule has 0 radical (unpaired) electrons. The van der Waals surface area contributed by atoms with Gasteiger partial charge < -0.3 is 10.8 Å². The number of aliphatic hydroxyl groups is 1. The van der Waals surface area contributed by atoms with Crippen molar-refractivity contribution in [3.8, 4) is 0 Å². The Morgan fingerprint density at radius 1 is 1.88 bits per heavy atom. The predicted octanol–water partition coefficient (Wildman–Crippen LogP) is -0.0380. The second kappa shape index (κ2) is 2.03. The second-order valence-electron chi connectivity index (χ2n) is 2.72. The van der Waals surface area contributed by atoms with E-state index in [-0.39, 0.29) is 12.6 Å². The van der Waals surface area contributed by atoms with Gasteiger partial charge in [-0.15, -0.1) is 0 Å². The molecule has 0 aliphatic heterocycles.